The third-order valence-electron chi connectivity index (χ3n) is 3.71. The van der Waals surface area contributed by atoms with Gasteiger partial charge in [0, 0.05) is 5.92 Å². The fourth-order valence-electron chi connectivity index (χ4n) is 2.25. The standard InChI is InChI=1S/C14H15N3O3/c1-14(10-5-3-2-4-6-10)12(19)17(13(20)15-14)16-11(18)9-7-8-9/h2-6,9H,7-8H2,1H3,(H,15,20)(H,16,18)/t14-/m0/s1. The highest BCUT2D eigenvalue weighted by atomic mass is 16.2. The Kier molecular flexibility index (Phi) is 2.74. The Labute approximate surface area is 116 Å². The molecule has 1 aliphatic carbocycles. The molecule has 0 spiro atoms. The number of carbonyl (C=O) groups is 3. The summed E-state index contributed by atoms with van der Waals surface area (Å²) >= 11 is 0. The van der Waals surface area contributed by atoms with E-state index in [1.54, 1.807) is 31.2 Å². The Morgan fingerprint density at radius 1 is 1.30 bits per heavy atom. The van der Waals surface area contributed by atoms with Crippen LogP contribution in [0.2, 0.25) is 0 Å². The van der Waals surface area contributed by atoms with Gasteiger partial charge in [-0.2, -0.15) is 5.01 Å². The highest BCUT2D eigenvalue weighted by molar-refractivity contribution is 6.08. The van der Waals surface area contributed by atoms with Crippen molar-refractivity contribution in [2.24, 2.45) is 5.92 Å². The van der Waals surface area contributed by atoms with E-state index in [-0.39, 0.29) is 11.8 Å². The summed E-state index contributed by atoms with van der Waals surface area (Å²) in [5.41, 5.74) is 1.94. The molecular weight excluding hydrogens is 258 g/mol. The first-order chi connectivity index (χ1) is 9.52. The molecule has 2 N–H and O–H groups in total. The van der Waals surface area contributed by atoms with Crippen LogP contribution in [0.1, 0.15) is 25.3 Å². The Hall–Kier alpha value is -2.37. The van der Waals surface area contributed by atoms with Crippen LogP contribution in [-0.2, 0) is 15.1 Å². The van der Waals surface area contributed by atoms with E-state index in [9.17, 15) is 14.4 Å². The fraction of sp³-hybridized carbons (Fsp3) is 0.357. The molecule has 1 heterocycles. The number of benzene rings is 1. The van der Waals surface area contributed by atoms with Crippen molar-refractivity contribution in [2.45, 2.75) is 25.3 Å². The molecule has 6 nitrogen and oxygen atoms in total. The average molecular weight is 273 g/mol. The lowest BCUT2D eigenvalue weighted by atomic mass is 9.92. The lowest BCUT2D eigenvalue weighted by Crippen LogP contribution is -2.48. The van der Waals surface area contributed by atoms with Crippen LogP contribution in [0.15, 0.2) is 30.3 Å². The second kappa shape index (κ2) is 4.33. The Morgan fingerprint density at radius 2 is 1.95 bits per heavy atom. The average Bonchev–Trinajstić information content (AvgIpc) is 3.26. The van der Waals surface area contributed by atoms with Gasteiger partial charge in [-0.05, 0) is 25.3 Å². The summed E-state index contributed by atoms with van der Waals surface area (Å²) in [7, 11) is 0. The number of nitrogens with zero attached hydrogens (tertiary/aromatic N) is 1. The zero-order valence-electron chi connectivity index (χ0n) is 11.1. The van der Waals surface area contributed by atoms with Gasteiger partial charge in [-0.1, -0.05) is 30.3 Å². The van der Waals surface area contributed by atoms with Crippen LogP contribution in [0, 0.1) is 5.92 Å². The van der Waals surface area contributed by atoms with Gasteiger partial charge in [0.2, 0.25) is 5.91 Å². The fourth-order valence-corrected chi connectivity index (χ4v) is 2.25. The van der Waals surface area contributed by atoms with Gasteiger partial charge in [0.15, 0.2) is 0 Å². The van der Waals surface area contributed by atoms with Gasteiger partial charge >= 0.3 is 6.03 Å². The van der Waals surface area contributed by atoms with Gasteiger partial charge in [0.1, 0.15) is 5.54 Å². The molecule has 1 saturated heterocycles. The van der Waals surface area contributed by atoms with Gasteiger partial charge in [0.25, 0.3) is 5.91 Å². The molecule has 0 aromatic heterocycles. The summed E-state index contributed by atoms with van der Waals surface area (Å²) in [5.74, 6) is -0.812. The van der Waals surface area contributed by atoms with E-state index >= 15 is 0 Å². The van der Waals surface area contributed by atoms with Gasteiger partial charge in [0.05, 0.1) is 0 Å². The molecule has 1 aromatic carbocycles. The highest BCUT2D eigenvalue weighted by Crippen LogP contribution is 2.31. The minimum absolute atomic E-state index is 0.0702. The van der Waals surface area contributed by atoms with Gasteiger partial charge in [-0.25, -0.2) is 4.79 Å². The summed E-state index contributed by atoms with van der Waals surface area (Å²) in [6.07, 6.45) is 1.62. The summed E-state index contributed by atoms with van der Waals surface area (Å²) in [4.78, 5) is 36.1. The second-order valence-corrected chi connectivity index (χ2v) is 5.31. The van der Waals surface area contributed by atoms with Gasteiger partial charge in [-0.3, -0.25) is 15.0 Å². The molecule has 1 saturated carbocycles. The molecule has 20 heavy (non-hydrogen) atoms. The molecule has 0 unspecified atom stereocenters. The van der Waals surface area contributed by atoms with E-state index < -0.39 is 17.5 Å². The first-order valence-electron chi connectivity index (χ1n) is 6.55. The van der Waals surface area contributed by atoms with Gasteiger partial charge in [-0.15, -0.1) is 0 Å². The molecule has 0 radical (unpaired) electrons. The molecule has 0 bridgehead atoms. The molecule has 1 atom stereocenters. The number of nitrogens with one attached hydrogen (secondary N) is 2. The van der Waals surface area contributed by atoms with Gasteiger partial charge < -0.3 is 5.32 Å². The zero-order chi connectivity index (χ0) is 14.3. The maximum Gasteiger partial charge on any atom is 0.344 e. The molecule has 3 rings (SSSR count). The monoisotopic (exact) mass is 273 g/mol. The number of hydrogen-bond donors (Lipinski definition) is 2. The van der Waals surface area contributed by atoms with Crippen LogP contribution >= 0.6 is 0 Å². The number of rotatable bonds is 3. The molecule has 4 amide bonds. The predicted octanol–water partition coefficient (Wildman–Crippen LogP) is 0.895. The zero-order valence-corrected chi connectivity index (χ0v) is 11.1. The van der Waals surface area contributed by atoms with Crippen molar-refractivity contribution in [3.8, 4) is 0 Å². The second-order valence-electron chi connectivity index (χ2n) is 5.31. The summed E-state index contributed by atoms with van der Waals surface area (Å²) in [5, 5.41) is 3.42. The smallest absolute Gasteiger partial charge is 0.318 e. The quantitative estimate of drug-likeness (QED) is 0.803. The maximum atomic E-state index is 12.4. The van der Waals surface area contributed by atoms with Crippen LogP contribution in [0.25, 0.3) is 0 Å². The number of carbonyl (C=O) groups excluding carboxylic acids is 3. The SMILES string of the molecule is C[C@@]1(c2ccccc2)NC(=O)N(NC(=O)C2CC2)C1=O. The Morgan fingerprint density at radius 3 is 2.55 bits per heavy atom. The Balaban J connectivity index is 1.84. The lowest BCUT2D eigenvalue weighted by Gasteiger charge is -2.22. The highest BCUT2D eigenvalue weighted by Gasteiger charge is 2.50. The maximum absolute atomic E-state index is 12.4. The van der Waals surface area contributed by atoms with Crippen LogP contribution < -0.4 is 10.7 Å². The topological polar surface area (TPSA) is 78.5 Å². The normalized spacial score (nSPS) is 25.6. The number of imide groups is 1. The largest absolute Gasteiger partial charge is 0.344 e. The number of urea groups is 1. The predicted molar refractivity (Wildman–Crippen MR) is 70.0 cm³/mol. The van der Waals surface area contributed by atoms with Crippen molar-refractivity contribution >= 4 is 17.8 Å². The molecule has 104 valence electrons. The Bertz CT molecular complexity index is 583. The first-order valence-corrected chi connectivity index (χ1v) is 6.55. The summed E-state index contributed by atoms with van der Waals surface area (Å²) in [6.45, 7) is 1.63. The van der Waals surface area contributed by atoms with E-state index in [1.807, 2.05) is 6.07 Å². The number of amides is 4. The minimum atomic E-state index is -1.14. The number of hydrogen-bond acceptors (Lipinski definition) is 3. The van der Waals surface area contributed by atoms with Crippen molar-refractivity contribution in [1.82, 2.24) is 15.8 Å². The van der Waals surface area contributed by atoms with E-state index in [4.69, 9.17) is 0 Å². The van der Waals surface area contributed by atoms with Crippen molar-refractivity contribution < 1.29 is 14.4 Å². The molecule has 1 aliphatic heterocycles. The van der Waals surface area contributed by atoms with Crippen LogP contribution in [0.4, 0.5) is 4.79 Å². The summed E-state index contributed by atoms with van der Waals surface area (Å²) in [6, 6.07) is 8.36. The third-order valence-corrected chi connectivity index (χ3v) is 3.71. The van der Waals surface area contributed by atoms with Crippen LogP contribution in [0.5, 0.6) is 0 Å². The van der Waals surface area contributed by atoms with Crippen LogP contribution in [0.3, 0.4) is 0 Å². The van der Waals surface area contributed by atoms with Crippen LogP contribution in [-0.4, -0.2) is 22.9 Å². The summed E-state index contributed by atoms with van der Waals surface area (Å²) < 4.78 is 0. The van der Waals surface area contributed by atoms with E-state index in [0.29, 0.717) is 5.56 Å². The van der Waals surface area contributed by atoms with Crippen molar-refractivity contribution in [3.63, 3.8) is 0 Å². The third kappa shape index (κ3) is 1.93. The van der Waals surface area contributed by atoms with Crippen molar-refractivity contribution in [3.05, 3.63) is 35.9 Å². The minimum Gasteiger partial charge on any atom is -0.318 e. The van der Waals surface area contributed by atoms with E-state index in [2.05, 4.69) is 10.7 Å². The van der Waals surface area contributed by atoms with Crippen molar-refractivity contribution in [1.29, 1.82) is 0 Å². The molecule has 1 aromatic rings. The lowest BCUT2D eigenvalue weighted by molar-refractivity contribution is -0.139. The molecule has 2 fully saturated rings. The molecule has 6 heteroatoms. The van der Waals surface area contributed by atoms with E-state index in [1.165, 1.54) is 0 Å². The number of hydrazine groups is 1. The molecular formula is C14H15N3O3. The molecule has 2 aliphatic rings. The van der Waals surface area contributed by atoms with E-state index in [0.717, 1.165) is 17.9 Å². The first kappa shape index (κ1) is 12.7. The van der Waals surface area contributed by atoms with Crippen molar-refractivity contribution in [2.75, 3.05) is 0 Å².